The van der Waals surface area contributed by atoms with Gasteiger partial charge in [0.25, 0.3) is 0 Å². The van der Waals surface area contributed by atoms with Crippen LogP contribution in [0, 0.1) is 0 Å². The maximum atomic E-state index is 11.6. The van der Waals surface area contributed by atoms with Crippen LogP contribution < -0.4 is 4.72 Å². The minimum Gasteiger partial charge on any atom is -0.302 e. The number of benzene rings is 1. The number of nitrogens with one attached hydrogen (secondary N) is 1. The van der Waals surface area contributed by atoms with E-state index in [1.54, 1.807) is 12.1 Å². The molecule has 1 N–H and O–H groups in total. The fourth-order valence-electron chi connectivity index (χ4n) is 1.03. The van der Waals surface area contributed by atoms with Crippen LogP contribution in [-0.4, -0.2) is 29.6 Å². The Balaban J connectivity index is 2.34. The molecule has 0 heterocycles. The van der Waals surface area contributed by atoms with Crippen LogP contribution in [0.25, 0.3) is 0 Å². The molecule has 0 spiro atoms. The van der Waals surface area contributed by atoms with Crippen molar-refractivity contribution in [1.82, 2.24) is 4.72 Å². The smallest absolute Gasteiger partial charge is 0.174 e. The number of hydrogen-bond donors (Lipinski definition) is 2. The molecule has 0 aromatic heterocycles. The van der Waals surface area contributed by atoms with Gasteiger partial charge in [0.2, 0.25) is 0 Å². The molecule has 0 radical (unpaired) electrons. The maximum absolute atomic E-state index is 11.6. The van der Waals surface area contributed by atoms with Crippen molar-refractivity contribution in [2.45, 2.75) is 6.04 Å². The Labute approximate surface area is 105 Å². The summed E-state index contributed by atoms with van der Waals surface area (Å²) in [6.07, 6.45) is 0.785. The van der Waals surface area contributed by atoms with Crippen molar-refractivity contribution in [3.63, 3.8) is 0 Å². The molecule has 0 unspecified atom stereocenters. The summed E-state index contributed by atoms with van der Waals surface area (Å²) < 4.78 is 2.87. The number of rotatable bonds is 7. The summed E-state index contributed by atoms with van der Waals surface area (Å²) in [5.41, 5.74) is 0.685. The van der Waals surface area contributed by atoms with Crippen molar-refractivity contribution >= 4 is 36.6 Å². The molecule has 0 saturated carbocycles. The number of aldehydes is 1. The number of thiol groups is 1. The molecule has 3 nitrogen and oxygen atoms in total. The third-order valence-electron chi connectivity index (χ3n) is 1.89. The van der Waals surface area contributed by atoms with Gasteiger partial charge in [0.1, 0.15) is 6.29 Å². The molecule has 5 heteroatoms. The Bertz CT molecular complexity index is 343. The fraction of sp³-hybridized carbons (Fsp3) is 0.273. The second kappa shape index (κ2) is 7.49. The third-order valence-corrected chi connectivity index (χ3v) is 3.16. The number of hydrogen-bond acceptors (Lipinski definition) is 5. The van der Waals surface area contributed by atoms with Crippen LogP contribution in [-0.2, 0) is 4.79 Å². The highest BCUT2D eigenvalue weighted by Crippen LogP contribution is 2.05. The average molecular weight is 255 g/mol. The summed E-state index contributed by atoms with van der Waals surface area (Å²) in [5.74, 6) is 0.778. The molecule has 0 aliphatic heterocycles. The van der Waals surface area contributed by atoms with Gasteiger partial charge in [-0.25, -0.2) is 0 Å². The molecule has 0 saturated heterocycles. The number of carbonyl (C=O) groups is 2. The summed E-state index contributed by atoms with van der Waals surface area (Å²) in [4.78, 5) is 22.1. The summed E-state index contributed by atoms with van der Waals surface area (Å²) >= 11 is 5.23. The molecule has 16 heavy (non-hydrogen) atoms. The van der Waals surface area contributed by atoms with Gasteiger partial charge < -0.3 is 4.79 Å². The molecule has 1 atom stereocenters. The van der Waals surface area contributed by atoms with E-state index in [-0.39, 0.29) is 11.8 Å². The SMILES string of the molecule is O=C[C@@H](CS)NSCC(=O)c1ccccc1. The van der Waals surface area contributed by atoms with Crippen LogP contribution in [0.15, 0.2) is 30.3 Å². The highest BCUT2D eigenvalue weighted by Gasteiger charge is 2.07. The van der Waals surface area contributed by atoms with Crippen molar-refractivity contribution in [3.8, 4) is 0 Å². The Morgan fingerprint density at radius 1 is 1.44 bits per heavy atom. The van der Waals surface area contributed by atoms with Crippen molar-refractivity contribution in [3.05, 3.63) is 35.9 Å². The summed E-state index contributed by atoms with van der Waals surface area (Å²) in [6.45, 7) is 0. The predicted octanol–water partition coefficient (Wildman–Crippen LogP) is 1.60. The van der Waals surface area contributed by atoms with E-state index in [1.165, 1.54) is 11.9 Å². The molecule has 0 aliphatic rings. The van der Waals surface area contributed by atoms with E-state index in [2.05, 4.69) is 17.4 Å². The molecule has 0 fully saturated rings. The second-order valence-electron chi connectivity index (χ2n) is 3.12. The first kappa shape index (κ1) is 13.3. The molecular formula is C11H13NO2S2. The van der Waals surface area contributed by atoms with Gasteiger partial charge in [-0.3, -0.25) is 9.52 Å². The number of Topliss-reactive ketones (excluding diaryl/α,β-unsaturated/α-hetero) is 1. The molecule has 1 aromatic carbocycles. The molecule has 0 bridgehead atoms. The van der Waals surface area contributed by atoms with Crippen LogP contribution >= 0.6 is 24.6 Å². The first-order valence-corrected chi connectivity index (χ1v) is 6.41. The predicted molar refractivity (Wildman–Crippen MR) is 70.1 cm³/mol. The van der Waals surface area contributed by atoms with E-state index in [1.807, 2.05) is 18.2 Å². The van der Waals surface area contributed by atoms with E-state index in [0.717, 1.165) is 6.29 Å². The minimum absolute atomic E-state index is 0.0434. The standard InChI is InChI=1S/C11H13NO2S2/c13-6-10(7-15)12-16-8-11(14)9-4-2-1-3-5-9/h1-6,10,12,15H,7-8H2/t10-/m0/s1. The highest BCUT2D eigenvalue weighted by molar-refractivity contribution is 7.98. The van der Waals surface area contributed by atoms with E-state index < -0.39 is 0 Å². The fourth-order valence-corrected chi connectivity index (χ4v) is 2.06. The normalized spacial score (nSPS) is 12.1. The van der Waals surface area contributed by atoms with Crippen LogP contribution in [0.5, 0.6) is 0 Å². The number of carbonyl (C=O) groups excluding carboxylic acids is 2. The lowest BCUT2D eigenvalue weighted by Crippen LogP contribution is -2.27. The van der Waals surface area contributed by atoms with E-state index in [4.69, 9.17) is 0 Å². The van der Waals surface area contributed by atoms with Crippen LogP contribution in [0.1, 0.15) is 10.4 Å². The Kier molecular flexibility index (Phi) is 6.22. The van der Waals surface area contributed by atoms with Crippen molar-refractivity contribution in [2.75, 3.05) is 11.5 Å². The molecular weight excluding hydrogens is 242 g/mol. The maximum Gasteiger partial charge on any atom is 0.174 e. The van der Waals surface area contributed by atoms with Crippen molar-refractivity contribution in [2.24, 2.45) is 0 Å². The summed E-state index contributed by atoms with van der Waals surface area (Å²) in [6, 6.07) is 8.76. The molecule has 1 aromatic rings. The lowest BCUT2D eigenvalue weighted by molar-refractivity contribution is -0.108. The van der Waals surface area contributed by atoms with Gasteiger partial charge in [-0.2, -0.15) is 12.6 Å². The first-order chi connectivity index (χ1) is 7.77. The average Bonchev–Trinajstić information content (AvgIpc) is 2.35. The molecule has 0 aliphatic carbocycles. The largest absolute Gasteiger partial charge is 0.302 e. The molecule has 86 valence electrons. The zero-order valence-corrected chi connectivity index (χ0v) is 10.3. The van der Waals surface area contributed by atoms with E-state index in [9.17, 15) is 9.59 Å². The van der Waals surface area contributed by atoms with Crippen LogP contribution in [0.3, 0.4) is 0 Å². The Morgan fingerprint density at radius 2 is 2.12 bits per heavy atom. The summed E-state index contributed by atoms with van der Waals surface area (Å²) in [5, 5.41) is 0. The lowest BCUT2D eigenvalue weighted by Gasteiger charge is -2.07. The summed E-state index contributed by atoms with van der Waals surface area (Å²) in [7, 11) is 0. The quantitative estimate of drug-likeness (QED) is 0.336. The van der Waals surface area contributed by atoms with Crippen molar-refractivity contribution in [1.29, 1.82) is 0 Å². The molecule has 0 amide bonds. The van der Waals surface area contributed by atoms with Gasteiger partial charge in [0.15, 0.2) is 5.78 Å². The zero-order chi connectivity index (χ0) is 11.8. The first-order valence-electron chi connectivity index (χ1n) is 4.79. The van der Waals surface area contributed by atoms with Gasteiger partial charge in [-0.1, -0.05) is 42.3 Å². The monoisotopic (exact) mass is 255 g/mol. The number of ketones is 1. The lowest BCUT2D eigenvalue weighted by atomic mass is 10.2. The zero-order valence-electron chi connectivity index (χ0n) is 8.63. The van der Waals surface area contributed by atoms with Crippen LogP contribution in [0.2, 0.25) is 0 Å². The van der Waals surface area contributed by atoms with Crippen LogP contribution in [0.4, 0.5) is 0 Å². The van der Waals surface area contributed by atoms with E-state index >= 15 is 0 Å². The van der Waals surface area contributed by atoms with Crippen molar-refractivity contribution < 1.29 is 9.59 Å². The van der Waals surface area contributed by atoms with Gasteiger partial charge in [-0.15, -0.1) is 0 Å². The van der Waals surface area contributed by atoms with Gasteiger partial charge >= 0.3 is 0 Å². The topological polar surface area (TPSA) is 46.2 Å². The van der Waals surface area contributed by atoms with Gasteiger partial charge in [0, 0.05) is 11.3 Å². The Hall–Kier alpha value is -0.780. The van der Waals surface area contributed by atoms with E-state index in [0.29, 0.717) is 17.1 Å². The molecule has 1 rings (SSSR count). The van der Waals surface area contributed by atoms with Gasteiger partial charge in [0.05, 0.1) is 11.8 Å². The highest BCUT2D eigenvalue weighted by atomic mass is 32.2. The van der Waals surface area contributed by atoms with Gasteiger partial charge in [-0.05, 0) is 0 Å². The Morgan fingerprint density at radius 3 is 2.69 bits per heavy atom. The minimum atomic E-state index is -0.308. The second-order valence-corrected chi connectivity index (χ2v) is 4.30. The third kappa shape index (κ3) is 4.38.